The van der Waals surface area contributed by atoms with E-state index in [1.54, 1.807) is 12.1 Å². The Morgan fingerprint density at radius 3 is 2.77 bits per heavy atom. The van der Waals surface area contributed by atoms with Gasteiger partial charge in [0, 0.05) is 31.7 Å². The first-order valence-electron chi connectivity index (χ1n) is 7.08. The largest absolute Gasteiger partial charge is 0.426 e. The van der Waals surface area contributed by atoms with Crippen LogP contribution >= 0.6 is 12.4 Å². The standard InChI is InChI=1S/C16H18N2O3.ClH/c1-12-11-17-9-10-18(12)16(19)14-7-8-15(21-14)20-13-5-3-2-4-6-13;/h2-8,12,17H,9-11H2,1H3;1H. The molecule has 3 rings (SSSR count). The molecule has 1 aliphatic heterocycles. The lowest BCUT2D eigenvalue weighted by Crippen LogP contribution is -2.52. The molecular formula is C16H19ClN2O3. The number of rotatable bonds is 3. The van der Waals surface area contributed by atoms with E-state index in [2.05, 4.69) is 5.32 Å². The molecule has 1 aromatic heterocycles. The molecule has 6 heteroatoms. The molecule has 1 saturated heterocycles. The van der Waals surface area contributed by atoms with E-state index in [1.807, 2.05) is 42.2 Å². The van der Waals surface area contributed by atoms with E-state index in [4.69, 9.17) is 9.15 Å². The van der Waals surface area contributed by atoms with E-state index in [0.717, 1.165) is 13.1 Å². The van der Waals surface area contributed by atoms with Crippen LogP contribution in [-0.2, 0) is 0 Å². The van der Waals surface area contributed by atoms with Gasteiger partial charge in [-0.15, -0.1) is 12.4 Å². The van der Waals surface area contributed by atoms with Gasteiger partial charge in [0.15, 0.2) is 5.76 Å². The van der Waals surface area contributed by atoms with Gasteiger partial charge in [0.05, 0.1) is 0 Å². The smallest absolute Gasteiger partial charge is 0.290 e. The van der Waals surface area contributed by atoms with Crippen LogP contribution in [0, 0.1) is 0 Å². The van der Waals surface area contributed by atoms with Gasteiger partial charge in [-0.1, -0.05) is 18.2 Å². The molecule has 1 atom stereocenters. The lowest BCUT2D eigenvalue weighted by Gasteiger charge is -2.33. The minimum absolute atomic E-state index is 0. The molecule has 1 aromatic carbocycles. The molecule has 1 amide bonds. The van der Waals surface area contributed by atoms with Crippen molar-refractivity contribution in [1.82, 2.24) is 10.2 Å². The molecule has 22 heavy (non-hydrogen) atoms. The van der Waals surface area contributed by atoms with Gasteiger partial charge in [0.25, 0.3) is 11.9 Å². The highest BCUT2D eigenvalue weighted by atomic mass is 35.5. The Labute approximate surface area is 135 Å². The summed E-state index contributed by atoms with van der Waals surface area (Å²) in [5, 5.41) is 3.26. The van der Waals surface area contributed by atoms with Gasteiger partial charge in [-0.3, -0.25) is 4.79 Å². The lowest BCUT2D eigenvalue weighted by atomic mass is 10.2. The summed E-state index contributed by atoms with van der Waals surface area (Å²) in [6.07, 6.45) is 0. The highest BCUT2D eigenvalue weighted by Gasteiger charge is 2.26. The van der Waals surface area contributed by atoms with Crippen molar-refractivity contribution in [1.29, 1.82) is 0 Å². The van der Waals surface area contributed by atoms with E-state index in [0.29, 0.717) is 24.0 Å². The van der Waals surface area contributed by atoms with Crippen LogP contribution in [0.5, 0.6) is 11.7 Å². The van der Waals surface area contributed by atoms with Gasteiger partial charge in [0.2, 0.25) is 0 Å². The summed E-state index contributed by atoms with van der Waals surface area (Å²) >= 11 is 0. The summed E-state index contributed by atoms with van der Waals surface area (Å²) in [6.45, 7) is 4.33. The summed E-state index contributed by atoms with van der Waals surface area (Å²) in [7, 11) is 0. The molecule has 5 nitrogen and oxygen atoms in total. The Bertz CT molecular complexity index is 615. The zero-order valence-electron chi connectivity index (χ0n) is 12.3. The molecule has 1 aliphatic rings. The van der Waals surface area contributed by atoms with Crippen LogP contribution in [0.1, 0.15) is 17.5 Å². The monoisotopic (exact) mass is 322 g/mol. The quantitative estimate of drug-likeness (QED) is 0.944. The molecule has 0 bridgehead atoms. The van der Waals surface area contributed by atoms with E-state index >= 15 is 0 Å². The number of amides is 1. The predicted molar refractivity (Wildman–Crippen MR) is 85.8 cm³/mol. The molecule has 1 unspecified atom stereocenters. The van der Waals surface area contributed by atoms with Crippen molar-refractivity contribution in [3.63, 3.8) is 0 Å². The third-order valence-electron chi connectivity index (χ3n) is 3.52. The number of piperazine rings is 1. The Kier molecular flexibility index (Phi) is 5.46. The number of nitrogens with zero attached hydrogens (tertiary/aromatic N) is 1. The molecule has 2 heterocycles. The van der Waals surface area contributed by atoms with Gasteiger partial charge in [-0.05, 0) is 25.1 Å². The normalized spacial score (nSPS) is 17.7. The molecular weight excluding hydrogens is 304 g/mol. The zero-order valence-corrected chi connectivity index (χ0v) is 13.1. The predicted octanol–water partition coefficient (Wildman–Crippen LogP) is 2.93. The molecule has 1 N–H and O–H groups in total. The second kappa shape index (κ2) is 7.33. The first-order chi connectivity index (χ1) is 10.2. The Morgan fingerprint density at radius 2 is 2.05 bits per heavy atom. The number of halogens is 1. The second-order valence-corrected chi connectivity index (χ2v) is 5.09. The van der Waals surface area contributed by atoms with Gasteiger partial charge in [-0.25, -0.2) is 0 Å². The van der Waals surface area contributed by atoms with Crippen molar-refractivity contribution in [2.45, 2.75) is 13.0 Å². The topological polar surface area (TPSA) is 54.7 Å². The maximum absolute atomic E-state index is 12.4. The summed E-state index contributed by atoms with van der Waals surface area (Å²) in [5.74, 6) is 1.23. The molecule has 0 aliphatic carbocycles. The molecule has 0 saturated carbocycles. The van der Waals surface area contributed by atoms with Crippen LogP contribution in [-0.4, -0.2) is 36.5 Å². The van der Waals surface area contributed by atoms with Crippen LogP contribution in [0.25, 0.3) is 0 Å². The average Bonchev–Trinajstić information content (AvgIpc) is 2.97. The van der Waals surface area contributed by atoms with Crippen molar-refractivity contribution >= 4 is 18.3 Å². The maximum atomic E-state index is 12.4. The Hall–Kier alpha value is -1.98. The summed E-state index contributed by atoms with van der Waals surface area (Å²) in [5.41, 5.74) is 0. The second-order valence-electron chi connectivity index (χ2n) is 5.09. The van der Waals surface area contributed by atoms with Gasteiger partial charge in [0.1, 0.15) is 5.75 Å². The van der Waals surface area contributed by atoms with Crippen LogP contribution in [0.15, 0.2) is 46.9 Å². The van der Waals surface area contributed by atoms with Crippen molar-refractivity contribution in [3.05, 3.63) is 48.2 Å². The third kappa shape index (κ3) is 3.61. The van der Waals surface area contributed by atoms with Crippen molar-refractivity contribution in [2.75, 3.05) is 19.6 Å². The van der Waals surface area contributed by atoms with E-state index in [9.17, 15) is 4.79 Å². The minimum Gasteiger partial charge on any atom is -0.426 e. The molecule has 0 spiro atoms. The maximum Gasteiger partial charge on any atom is 0.290 e. The fourth-order valence-corrected chi connectivity index (χ4v) is 2.38. The van der Waals surface area contributed by atoms with Crippen LogP contribution in [0.2, 0.25) is 0 Å². The lowest BCUT2D eigenvalue weighted by molar-refractivity contribution is 0.0618. The molecule has 1 fully saturated rings. The number of hydrogen-bond donors (Lipinski definition) is 1. The third-order valence-corrected chi connectivity index (χ3v) is 3.52. The van der Waals surface area contributed by atoms with Crippen LogP contribution in [0.3, 0.4) is 0 Å². The van der Waals surface area contributed by atoms with E-state index in [1.165, 1.54) is 0 Å². The highest BCUT2D eigenvalue weighted by molar-refractivity contribution is 5.92. The summed E-state index contributed by atoms with van der Waals surface area (Å²) < 4.78 is 11.1. The number of carbonyl (C=O) groups is 1. The number of ether oxygens (including phenoxy) is 1. The first kappa shape index (κ1) is 16.4. The molecule has 118 valence electrons. The fraction of sp³-hybridized carbons (Fsp3) is 0.312. The first-order valence-corrected chi connectivity index (χ1v) is 7.08. The van der Waals surface area contributed by atoms with Crippen molar-refractivity contribution in [2.24, 2.45) is 0 Å². The molecule has 0 radical (unpaired) electrons. The fourth-order valence-electron chi connectivity index (χ4n) is 2.38. The number of para-hydroxylation sites is 1. The van der Waals surface area contributed by atoms with Crippen LogP contribution < -0.4 is 10.1 Å². The van der Waals surface area contributed by atoms with E-state index in [-0.39, 0.29) is 24.4 Å². The number of carbonyl (C=O) groups excluding carboxylic acids is 1. The average molecular weight is 323 g/mol. The highest BCUT2D eigenvalue weighted by Crippen LogP contribution is 2.24. The number of benzene rings is 1. The summed E-state index contributed by atoms with van der Waals surface area (Å²) in [6, 6.07) is 12.8. The van der Waals surface area contributed by atoms with Crippen molar-refractivity contribution < 1.29 is 13.9 Å². The van der Waals surface area contributed by atoms with Crippen molar-refractivity contribution in [3.8, 4) is 11.7 Å². The number of nitrogens with one attached hydrogen (secondary N) is 1. The number of furan rings is 1. The number of hydrogen-bond acceptors (Lipinski definition) is 4. The summed E-state index contributed by atoms with van der Waals surface area (Å²) in [4.78, 5) is 14.2. The molecule has 2 aromatic rings. The van der Waals surface area contributed by atoms with Gasteiger partial charge < -0.3 is 19.4 Å². The Morgan fingerprint density at radius 1 is 1.27 bits per heavy atom. The SMILES string of the molecule is CC1CNCCN1C(=O)c1ccc(Oc2ccccc2)o1.Cl. The van der Waals surface area contributed by atoms with Gasteiger partial charge >= 0.3 is 0 Å². The minimum atomic E-state index is -0.0908. The van der Waals surface area contributed by atoms with Crippen LogP contribution in [0.4, 0.5) is 0 Å². The Balaban J connectivity index is 0.00000176. The van der Waals surface area contributed by atoms with E-state index < -0.39 is 0 Å². The van der Waals surface area contributed by atoms with Gasteiger partial charge in [-0.2, -0.15) is 0 Å². The zero-order chi connectivity index (χ0) is 14.7.